The molecule has 2 heterocycles. The molecule has 0 unspecified atom stereocenters. The average molecular weight is 474 g/mol. The highest BCUT2D eigenvalue weighted by molar-refractivity contribution is 8.18. The Labute approximate surface area is 191 Å². The van der Waals surface area contributed by atoms with Gasteiger partial charge in [0.2, 0.25) is 5.76 Å². The molecule has 0 spiro atoms. The summed E-state index contributed by atoms with van der Waals surface area (Å²) in [5.41, 5.74) is 1.29. The molecule has 6 nitrogen and oxygen atoms in total. The fourth-order valence-electron chi connectivity index (χ4n) is 2.83. The Bertz CT molecular complexity index is 1210. The smallest absolute Gasteiger partial charge is 0.379 e. The number of furan rings is 1. The first-order chi connectivity index (χ1) is 14.9. The molecule has 1 fully saturated rings. The van der Waals surface area contributed by atoms with E-state index < -0.39 is 11.9 Å². The third kappa shape index (κ3) is 4.85. The van der Waals surface area contributed by atoms with Gasteiger partial charge in [0.25, 0.3) is 11.1 Å². The van der Waals surface area contributed by atoms with Crippen molar-refractivity contribution in [2.24, 2.45) is 0 Å². The van der Waals surface area contributed by atoms with Crippen LogP contribution in [0.1, 0.15) is 21.7 Å². The van der Waals surface area contributed by atoms with Crippen molar-refractivity contribution in [3.05, 3.63) is 92.7 Å². The Hall–Kier alpha value is -3.00. The molecule has 1 aliphatic rings. The molecular formula is C22H13Cl2NO5S. The number of imide groups is 1. The maximum atomic E-state index is 12.8. The maximum absolute atomic E-state index is 12.8. The summed E-state index contributed by atoms with van der Waals surface area (Å²) in [5.74, 6) is -0.692. The molecule has 3 aromatic rings. The summed E-state index contributed by atoms with van der Waals surface area (Å²) in [5, 5.41) is 0.359. The number of rotatable bonds is 5. The van der Waals surface area contributed by atoms with E-state index in [-0.39, 0.29) is 28.2 Å². The Morgan fingerprint density at radius 2 is 1.90 bits per heavy atom. The van der Waals surface area contributed by atoms with E-state index in [0.29, 0.717) is 21.2 Å². The van der Waals surface area contributed by atoms with Crippen molar-refractivity contribution in [3.8, 4) is 5.75 Å². The zero-order valence-corrected chi connectivity index (χ0v) is 18.0. The Kier molecular flexibility index (Phi) is 6.18. The van der Waals surface area contributed by atoms with E-state index in [0.717, 1.165) is 16.7 Å². The molecule has 0 aliphatic carbocycles. The van der Waals surface area contributed by atoms with Crippen LogP contribution in [0.25, 0.3) is 6.08 Å². The van der Waals surface area contributed by atoms with Crippen LogP contribution in [0.3, 0.4) is 0 Å². The quantitative estimate of drug-likeness (QED) is 0.255. The average Bonchev–Trinajstić information content (AvgIpc) is 3.36. The van der Waals surface area contributed by atoms with Gasteiger partial charge >= 0.3 is 5.97 Å². The predicted octanol–water partition coefficient (Wildman–Crippen LogP) is 6.04. The monoisotopic (exact) mass is 473 g/mol. The normalized spacial score (nSPS) is 15.0. The van der Waals surface area contributed by atoms with Gasteiger partial charge in [0.15, 0.2) is 0 Å². The molecule has 0 bridgehead atoms. The fourth-order valence-corrected chi connectivity index (χ4v) is 3.99. The van der Waals surface area contributed by atoms with Crippen molar-refractivity contribution >= 4 is 58.2 Å². The van der Waals surface area contributed by atoms with Gasteiger partial charge in [-0.15, -0.1) is 0 Å². The van der Waals surface area contributed by atoms with Gasteiger partial charge in [0.1, 0.15) is 5.75 Å². The van der Waals surface area contributed by atoms with Crippen LogP contribution in [0.4, 0.5) is 4.79 Å². The molecule has 1 aromatic heterocycles. The van der Waals surface area contributed by atoms with Crippen molar-refractivity contribution in [1.29, 1.82) is 0 Å². The molecule has 2 aromatic carbocycles. The Morgan fingerprint density at radius 3 is 2.65 bits per heavy atom. The van der Waals surface area contributed by atoms with Crippen LogP contribution in [-0.2, 0) is 11.3 Å². The largest absolute Gasteiger partial charge is 0.457 e. The molecule has 4 rings (SSSR count). The van der Waals surface area contributed by atoms with Gasteiger partial charge in [-0.1, -0.05) is 41.4 Å². The summed E-state index contributed by atoms with van der Waals surface area (Å²) in [7, 11) is 0. The van der Waals surface area contributed by atoms with E-state index in [1.807, 2.05) is 0 Å². The molecule has 1 aliphatic heterocycles. The lowest BCUT2D eigenvalue weighted by atomic mass is 10.2. The second-order valence-corrected chi connectivity index (χ2v) is 8.26. The number of esters is 1. The lowest BCUT2D eigenvalue weighted by Crippen LogP contribution is -2.27. The Morgan fingerprint density at radius 1 is 1.06 bits per heavy atom. The number of benzene rings is 2. The summed E-state index contributed by atoms with van der Waals surface area (Å²) in [6.07, 6.45) is 2.95. The lowest BCUT2D eigenvalue weighted by Gasteiger charge is -2.12. The number of thioether (sulfide) groups is 1. The van der Waals surface area contributed by atoms with Gasteiger partial charge in [-0.2, -0.15) is 0 Å². The van der Waals surface area contributed by atoms with Crippen LogP contribution >= 0.6 is 35.0 Å². The maximum Gasteiger partial charge on any atom is 0.379 e. The molecule has 156 valence electrons. The van der Waals surface area contributed by atoms with E-state index in [9.17, 15) is 14.4 Å². The van der Waals surface area contributed by atoms with E-state index in [1.54, 1.807) is 54.6 Å². The van der Waals surface area contributed by atoms with Crippen LogP contribution in [0.15, 0.2) is 70.2 Å². The molecule has 0 radical (unpaired) electrons. The number of carbonyl (C=O) groups is 3. The summed E-state index contributed by atoms with van der Waals surface area (Å²) in [6.45, 7) is 0.0830. The van der Waals surface area contributed by atoms with Crippen LogP contribution in [0, 0.1) is 0 Å². The number of carbonyl (C=O) groups excluding carboxylic acids is 3. The van der Waals surface area contributed by atoms with Crippen molar-refractivity contribution in [2.75, 3.05) is 0 Å². The topological polar surface area (TPSA) is 76.8 Å². The molecule has 0 atom stereocenters. The first-order valence-electron chi connectivity index (χ1n) is 8.96. The standard InChI is InChI=1S/C22H13Cl2NO5S/c23-16-7-6-14(10-17(16)24)12-25-20(26)19(31-22(25)28)11-13-3-1-4-15(9-13)30-21(27)18-5-2-8-29-18/h1-11H,12H2/b19-11-. The van der Waals surface area contributed by atoms with E-state index in [1.165, 1.54) is 12.3 Å². The van der Waals surface area contributed by atoms with Crippen LogP contribution in [-0.4, -0.2) is 22.0 Å². The van der Waals surface area contributed by atoms with Crippen molar-refractivity contribution in [2.45, 2.75) is 6.54 Å². The third-order valence-corrected chi connectivity index (χ3v) is 5.93. The second kappa shape index (κ2) is 9.01. The number of amides is 2. The van der Waals surface area contributed by atoms with Gasteiger partial charge in [-0.05, 0) is 65.4 Å². The Balaban J connectivity index is 1.50. The predicted molar refractivity (Wildman–Crippen MR) is 118 cm³/mol. The van der Waals surface area contributed by atoms with E-state index in [4.69, 9.17) is 32.4 Å². The first-order valence-corrected chi connectivity index (χ1v) is 10.5. The minimum Gasteiger partial charge on any atom is -0.457 e. The molecule has 0 N–H and O–H groups in total. The first kappa shape index (κ1) is 21.2. The number of hydrogen-bond acceptors (Lipinski definition) is 6. The van der Waals surface area contributed by atoms with E-state index >= 15 is 0 Å². The van der Waals surface area contributed by atoms with Gasteiger partial charge in [0.05, 0.1) is 27.8 Å². The summed E-state index contributed by atoms with van der Waals surface area (Å²) in [6, 6.07) is 14.6. The van der Waals surface area contributed by atoms with Crippen molar-refractivity contribution < 1.29 is 23.5 Å². The minimum absolute atomic E-state index is 0.0776. The zero-order valence-electron chi connectivity index (χ0n) is 15.7. The highest BCUT2D eigenvalue weighted by Crippen LogP contribution is 2.34. The van der Waals surface area contributed by atoms with Crippen LogP contribution in [0.5, 0.6) is 5.75 Å². The van der Waals surface area contributed by atoms with Gasteiger partial charge < -0.3 is 9.15 Å². The number of nitrogens with zero attached hydrogens (tertiary/aromatic N) is 1. The minimum atomic E-state index is -0.635. The van der Waals surface area contributed by atoms with Gasteiger partial charge in [-0.25, -0.2) is 4.79 Å². The number of hydrogen-bond donors (Lipinski definition) is 0. The zero-order chi connectivity index (χ0) is 22.0. The highest BCUT2D eigenvalue weighted by Gasteiger charge is 2.35. The van der Waals surface area contributed by atoms with Gasteiger partial charge in [0, 0.05) is 0 Å². The molecule has 9 heteroatoms. The SMILES string of the molecule is O=C(Oc1cccc(/C=C2\SC(=O)N(Cc3ccc(Cl)c(Cl)c3)C2=O)c1)c1ccco1. The summed E-state index contributed by atoms with van der Waals surface area (Å²) >= 11 is 12.8. The fraction of sp³-hybridized carbons (Fsp3) is 0.0455. The number of ether oxygens (including phenoxy) is 1. The molecule has 0 saturated carbocycles. The second-order valence-electron chi connectivity index (χ2n) is 6.46. The summed E-state index contributed by atoms with van der Waals surface area (Å²) < 4.78 is 10.3. The van der Waals surface area contributed by atoms with Crippen LogP contribution in [0.2, 0.25) is 10.0 Å². The van der Waals surface area contributed by atoms with Crippen LogP contribution < -0.4 is 4.74 Å². The van der Waals surface area contributed by atoms with Crippen molar-refractivity contribution in [3.63, 3.8) is 0 Å². The third-order valence-electron chi connectivity index (χ3n) is 4.29. The molecular weight excluding hydrogens is 461 g/mol. The lowest BCUT2D eigenvalue weighted by molar-refractivity contribution is -0.123. The van der Waals surface area contributed by atoms with E-state index in [2.05, 4.69) is 0 Å². The van der Waals surface area contributed by atoms with Gasteiger partial charge in [-0.3, -0.25) is 14.5 Å². The molecule has 2 amide bonds. The molecule has 31 heavy (non-hydrogen) atoms. The molecule has 1 saturated heterocycles. The summed E-state index contributed by atoms with van der Waals surface area (Å²) in [4.78, 5) is 38.6. The highest BCUT2D eigenvalue weighted by atomic mass is 35.5. The number of halogens is 2. The van der Waals surface area contributed by atoms with Crippen molar-refractivity contribution in [1.82, 2.24) is 4.90 Å².